The highest BCUT2D eigenvalue weighted by Gasteiger charge is 2.22. The summed E-state index contributed by atoms with van der Waals surface area (Å²) in [5.41, 5.74) is 2.73. The second kappa shape index (κ2) is 7.78. The molecule has 1 atom stereocenters. The third-order valence-corrected chi connectivity index (χ3v) is 4.95. The topological polar surface area (TPSA) is 71.8 Å². The lowest BCUT2D eigenvalue weighted by Gasteiger charge is -2.27. The first-order chi connectivity index (χ1) is 12.0. The number of carbonyl (C=O) groups excluding carboxylic acids is 1. The van der Waals surface area contributed by atoms with E-state index in [1.807, 2.05) is 32.0 Å². The zero-order chi connectivity index (χ0) is 17.8. The summed E-state index contributed by atoms with van der Waals surface area (Å²) in [6.07, 6.45) is 4.57. The van der Waals surface area contributed by atoms with Gasteiger partial charge in [-0.1, -0.05) is 6.92 Å². The van der Waals surface area contributed by atoms with Gasteiger partial charge in [-0.25, -0.2) is 9.67 Å². The number of aromatic nitrogens is 3. The molecule has 1 aliphatic heterocycles. The van der Waals surface area contributed by atoms with Crippen molar-refractivity contribution in [2.45, 2.75) is 40.0 Å². The van der Waals surface area contributed by atoms with E-state index in [4.69, 9.17) is 0 Å². The lowest BCUT2D eigenvalue weighted by molar-refractivity contribution is -0.117. The number of nitrogens with zero attached hydrogens (tertiary/aromatic N) is 3. The van der Waals surface area contributed by atoms with Crippen molar-refractivity contribution in [3.05, 3.63) is 35.8 Å². The summed E-state index contributed by atoms with van der Waals surface area (Å²) in [6.45, 7) is 8.27. The molecule has 0 bridgehead atoms. The molecule has 1 amide bonds. The molecule has 1 fully saturated rings. The number of anilines is 1. The molecule has 0 saturated carbocycles. The molecule has 0 aliphatic carbocycles. The molecule has 25 heavy (non-hydrogen) atoms. The number of carbonyl (C=O) groups is 1. The van der Waals surface area contributed by atoms with Gasteiger partial charge < -0.3 is 10.6 Å². The van der Waals surface area contributed by atoms with Crippen LogP contribution in [0.25, 0.3) is 5.82 Å². The van der Waals surface area contributed by atoms with E-state index < -0.39 is 0 Å². The molecule has 0 spiro atoms. The fraction of sp³-hybridized carbons (Fsp3) is 0.526. The van der Waals surface area contributed by atoms with E-state index in [2.05, 4.69) is 27.6 Å². The lowest BCUT2D eigenvalue weighted by Crippen LogP contribution is -2.32. The molecule has 6 heteroatoms. The van der Waals surface area contributed by atoms with Gasteiger partial charge in [-0.15, -0.1) is 0 Å². The van der Waals surface area contributed by atoms with Crippen LogP contribution in [0.15, 0.2) is 24.4 Å². The molecule has 134 valence electrons. The van der Waals surface area contributed by atoms with E-state index in [1.165, 1.54) is 0 Å². The summed E-state index contributed by atoms with van der Waals surface area (Å²) in [5, 5.41) is 10.8. The average molecular weight is 341 g/mol. The molecule has 0 radical (unpaired) electrons. The third kappa shape index (κ3) is 4.45. The van der Waals surface area contributed by atoms with E-state index in [9.17, 15) is 4.79 Å². The highest BCUT2D eigenvalue weighted by atomic mass is 16.1. The predicted octanol–water partition coefficient (Wildman–Crippen LogP) is 2.85. The van der Waals surface area contributed by atoms with Gasteiger partial charge in [0.15, 0.2) is 5.82 Å². The molecule has 3 heterocycles. The maximum atomic E-state index is 12.3. The van der Waals surface area contributed by atoms with Crippen molar-refractivity contribution in [2.24, 2.45) is 11.8 Å². The molecule has 6 nitrogen and oxygen atoms in total. The van der Waals surface area contributed by atoms with Crippen molar-refractivity contribution in [1.82, 2.24) is 20.1 Å². The Morgan fingerprint density at radius 2 is 2.12 bits per heavy atom. The van der Waals surface area contributed by atoms with Crippen molar-refractivity contribution in [3.8, 4) is 5.82 Å². The molecule has 2 aromatic rings. The number of hydrogen-bond donors (Lipinski definition) is 2. The Kier molecular flexibility index (Phi) is 5.48. The highest BCUT2D eigenvalue weighted by molar-refractivity contribution is 5.90. The Labute approximate surface area is 149 Å². The Hall–Kier alpha value is -2.21. The van der Waals surface area contributed by atoms with Crippen LogP contribution in [0, 0.1) is 25.7 Å². The Morgan fingerprint density at radius 1 is 1.36 bits per heavy atom. The highest BCUT2D eigenvalue weighted by Crippen LogP contribution is 2.24. The van der Waals surface area contributed by atoms with E-state index in [-0.39, 0.29) is 5.91 Å². The standard InChI is InChI=1S/C19H27N5O/c1-13(16-6-8-20-9-7-16)10-19(25)22-17-4-5-18(21-12-17)24-15(3)11-14(2)23-24/h4-5,11-13,16,20H,6-10H2,1-3H3,(H,22,25). The third-order valence-electron chi connectivity index (χ3n) is 4.95. The molecule has 1 saturated heterocycles. The molecule has 1 unspecified atom stereocenters. The maximum Gasteiger partial charge on any atom is 0.224 e. The maximum absolute atomic E-state index is 12.3. The first-order valence-electron chi connectivity index (χ1n) is 9.03. The number of hydrogen-bond acceptors (Lipinski definition) is 4. The first kappa shape index (κ1) is 17.6. The van der Waals surface area contributed by atoms with E-state index in [0.29, 0.717) is 18.3 Å². The zero-order valence-corrected chi connectivity index (χ0v) is 15.2. The quantitative estimate of drug-likeness (QED) is 0.877. The smallest absolute Gasteiger partial charge is 0.224 e. The van der Waals surface area contributed by atoms with Crippen molar-refractivity contribution in [3.63, 3.8) is 0 Å². The second-order valence-electron chi connectivity index (χ2n) is 7.06. The van der Waals surface area contributed by atoms with Crippen molar-refractivity contribution in [2.75, 3.05) is 18.4 Å². The number of rotatable bonds is 5. The van der Waals surface area contributed by atoms with Crippen LogP contribution in [-0.2, 0) is 4.79 Å². The normalized spacial score (nSPS) is 16.6. The molecule has 1 aliphatic rings. The van der Waals surface area contributed by atoms with Gasteiger partial charge in [0, 0.05) is 12.1 Å². The second-order valence-corrected chi connectivity index (χ2v) is 7.06. The van der Waals surface area contributed by atoms with Crippen LogP contribution in [0.4, 0.5) is 5.69 Å². The lowest BCUT2D eigenvalue weighted by atomic mass is 9.84. The SMILES string of the molecule is Cc1cc(C)n(-c2ccc(NC(=O)CC(C)C3CCNCC3)cn2)n1. The van der Waals surface area contributed by atoms with Crippen LogP contribution in [0.5, 0.6) is 0 Å². The summed E-state index contributed by atoms with van der Waals surface area (Å²) in [6, 6.07) is 5.77. The minimum atomic E-state index is 0.0618. The number of aryl methyl sites for hydroxylation is 2. The van der Waals surface area contributed by atoms with Gasteiger partial charge in [0.05, 0.1) is 17.6 Å². The van der Waals surface area contributed by atoms with Gasteiger partial charge >= 0.3 is 0 Å². The van der Waals surface area contributed by atoms with Gasteiger partial charge in [0.1, 0.15) is 0 Å². The van der Waals surface area contributed by atoms with Gasteiger partial charge in [0.2, 0.25) is 5.91 Å². The minimum absolute atomic E-state index is 0.0618. The number of pyridine rings is 1. The number of piperidine rings is 1. The van der Waals surface area contributed by atoms with Gasteiger partial charge in [-0.2, -0.15) is 5.10 Å². The summed E-state index contributed by atoms with van der Waals surface area (Å²) < 4.78 is 1.81. The summed E-state index contributed by atoms with van der Waals surface area (Å²) in [7, 11) is 0. The molecule has 3 rings (SSSR count). The summed E-state index contributed by atoms with van der Waals surface area (Å²) in [4.78, 5) is 16.7. The van der Waals surface area contributed by atoms with Crippen LogP contribution in [-0.4, -0.2) is 33.8 Å². The molecular weight excluding hydrogens is 314 g/mol. The van der Waals surface area contributed by atoms with Crippen LogP contribution >= 0.6 is 0 Å². The molecular formula is C19H27N5O. The summed E-state index contributed by atoms with van der Waals surface area (Å²) in [5.74, 6) is 1.86. The van der Waals surface area contributed by atoms with Crippen LogP contribution in [0.2, 0.25) is 0 Å². The van der Waals surface area contributed by atoms with Crippen LogP contribution in [0.1, 0.15) is 37.6 Å². The Morgan fingerprint density at radius 3 is 2.72 bits per heavy atom. The molecule has 2 N–H and O–H groups in total. The van der Waals surface area contributed by atoms with Gasteiger partial charge in [0.25, 0.3) is 0 Å². The van der Waals surface area contributed by atoms with Crippen molar-refractivity contribution < 1.29 is 4.79 Å². The molecule has 0 aromatic carbocycles. The Bertz CT molecular complexity index is 716. The van der Waals surface area contributed by atoms with Gasteiger partial charge in [-0.05, 0) is 69.8 Å². The van der Waals surface area contributed by atoms with E-state index in [0.717, 1.165) is 48.8 Å². The van der Waals surface area contributed by atoms with Gasteiger partial charge in [-0.3, -0.25) is 4.79 Å². The fourth-order valence-electron chi connectivity index (χ4n) is 3.53. The monoisotopic (exact) mass is 341 g/mol. The largest absolute Gasteiger partial charge is 0.325 e. The predicted molar refractivity (Wildman–Crippen MR) is 98.8 cm³/mol. The van der Waals surface area contributed by atoms with Crippen LogP contribution in [0.3, 0.4) is 0 Å². The summed E-state index contributed by atoms with van der Waals surface area (Å²) >= 11 is 0. The average Bonchev–Trinajstić information content (AvgIpc) is 2.94. The molecule has 2 aromatic heterocycles. The van der Waals surface area contributed by atoms with Crippen molar-refractivity contribution in [1.29, 1.82) is 0 Å². The van der Waals surface area contributed by atoms with Crippen molar-refractivity contribution >= 4 is 11.6 Å². The number of amides is 1. The Balaban J connectivity index is 1.57. The number of nitrogens with one attached hydrogen (secondary N) is 2. The first-order valence-corrected chi connectivity index (χ1v) is 9.03. The van der Waals surface area contributed by atoms with E-state index >= 15 is 0 Å². The van der Waals surface area contributed by atoms with E-state index in [1.54, 1.807) is 10.9 Å². The zero-order valence-electron chi connectivity index (χ0n) is 15.2. The minimum Gasteiger partial charge on any atom is -0.325 e. The fourth-order valence-corrected chi connectivity index (χ4v) is 3.53. The van der Waals surface area contributed by atoms with Crippen LogP contribution < -0.4 is 10.6 Å².